The van der Waals surface area contributed by atoms with Crippen molar-refractivity contribution < 1.29 is 25.2 Å². The lowest BCUT2D eigenvalue weighted by Gasteiger charge is -2.08. The molecule has 0 aromatic heterocycles. The number of carbonyl (C=O) groups is 1. The minimum atomic E-state index is -1.47. The fourth-order valence-corrected chi connectivity index (χ4v) is 1.14. The average molecular weight is 212 g/mol. The van der Waals surface area contributed by atoms with Gasteiger partial charge >= 0.3 is 0 Å². The van der Waals surface area contributed by atoms with Crippen LogP contribution < -0.4 is 0 Å². The Kier molecular flexibility index (Phi) is 3.79. The minimum Gasteiger partial charge on any atom is -0.508 e. The third-order valence-electron chi connectivity index (χ3n) is 2.01. The number of hydrogen-bond donors (Lipinski definition) is 4. The van der Waals surface area contributed by atoms with E-state index in [2.05, 4.69) is 0 Å². The summed E-state index contributed by atoms with van der Waals surface area (Å²) in [5.74, 6) is -0.764. The lowest BCUT2D eigenvalue weighted by molar-refractivity contribution is 0.0587. The molecule has 1 rings (SSSR count). The summed E-state index contributed by atoms with van der Waals surface area (Å²) in [5, 5.41) is 35.7. The summed E-state index contributed by atoms with van der Waals surface area (Å²) < 4.78 is 0. The Bertz CT molecular complexity index is 361. The number of carbonyl (C=O) groups excluding carboxylic acids is 1. The van der Waals surface area contributed by atoms with E-state index in [0.29, 0.717) is 0 Å². The molecule has 82 valence electrons. The topological polar surface area (TPSA) is 98.0 Å². The van der Waals surface area contributed by atoms with Crippen LogP contribution in [-0.2, 0) is 6.61 Å². The van der Waals surface area contributed by atoms with E-state index in [1.54, 1.807) is 0 Å². The summed E-state index contributed by atoms with van der Waals surface area (Å²) in [6.07, 6.45) is -1.47. The number of Topliss-reactive ketones (excluding diaryl/α,β-unsaturated/α-hetero) is 1. The second-order valence-electron chi connectivity index (χ2n) is 3.06. The second kappa shape index (κ2) is 4.88. The quantitative estimate of drug-likeness (QED) is 0.500. The highest BCUT2D eigenvalue weighted by Gasteiger charge is 2.16. The number of aliphatic hydroxyl groups is 3. The molecule has 0 saturated carbocycles. The maximum Gasteiger partial charge on any atom is 0.193 e. The molecule has 5 nitrogen and oxygen atoms in total. The zero-order chi connectivity index (χ0) is 11.4. The largest absolute Gasteiger partial charge is 0.508 e. The van der Waals surface area contributed by atoms with Gasteiger partial charge in [0.25, 0.3) is 0 Å². The minimum absolute atomic E-state index is 0.118. The van der Waals surface area contributed by atoms with Crippen molar-refractivity contribution in [2.75, 3.05) is 6.61 Å². The predicted molar refractivity (Wildman–Crippen MR) is 51.5 cm³/mol. The summed E-state index contributed by atoms with van der Waals surface area (Å²) in [5.41, 5.74) is 0.337. The summed E-state index contributed by atoms with van der Waals surface area (Å²) in [6.45, 7) is -1.06. The van der Waals surface area contributed by atoms with Crippen molar-refractivity contribution in [3.63, 3.8) is 0 Å². The van der Waals surface area contributed by atoms with E-state index in [0.717, 1.165) is 0 Å². The zero-order valence-electron chi connectivity index (χ0n) is 7.92. The molecule has 4 N–H and O–H groups in total. The van der Waals surface area contributed by atoms with Crippen molar-refractivity contribution in [1.82, 2.24) is 0 Å². The first-order valence-corrected chi connectivity index (χ1v) is 4.36. The SMILES string of the molecule is O=C(c1ccc(O)c(CO)c1)C(O)CO. The van der Waals surface area contributed by atoms with Crippen LogP contribution in [0.15, 0.2) is 18.2 Å². The average Bonchev–Trinajstić information content (AvgIpc) is 2.27. The van der Waals surface area contributed by atoms with Gasteiger partial charge in [0, 0.05) is 11.1 Å². The van der Waals surface area contributed by atoms with Crippen LogP contribution >= 0.6 is 0 Å². The lowest BCUT2D eigenvalue weighted by Crippen LogP contribution is -2.24. The number of aliphatic hydroxyl groups excluding tert-OH is 3. The van der Waals surface area contributed by atoms with E-state index in [4.69, 9.17) is 15.3 Å². The van der Waals surface area contributed by atoms with Gasteiger partial charge in [0.15, 0.2) is 5.78 Å². The highest BCUT2D eigenvalue weighted by molar-refractivity contribution is 5.99. The maximum absolute atomic E-state index is 11.4. The van der Waals surface area contributed by atoms with Crippen LogP contribution in [0.4, 0.5) is 0 Å². The van der Waals surface area contributed by atoms with Gasteiger partial charge in [-0.15, -0.1) is 0 Å². The summed E-state index contributed by atoms with van der Waals surface area (Å²) >= 11 is 0. The Morgan fingerprint density at radius 1 is 1.33 bits per heavy atom. The molecule has 0 amide bonds. The first-order valence-electron chi connectivity index (χ1n) is 4.36. The van der Waals surface area contributed by atoms with Crippen LogP contribution in [0.5, 0.6) is 5.75 Å². The van der Waals surface area contributed by atoms with Gasteiger partial charge in [0.2, 0.25) is 0 Å². The van der Waals surface area contributed by atoms with Gasteiger partial charge in [0.1, 0.15) is 11.9 Å². The van der Waals surface area contributed by atoms with Crippen molar-refractivity contribution >= 4 is 5.78 Å². The molecule has 0 aliphatic carbocycles. The molecule has 0 radical (unpaired) electrons. The third-order valence-corrected chi connectivity index (χ3v) is 2.01. The Hall–Kier alpha value is -1.43. The molecule has 0 bridgehead atoms. The lowest BCUT2D eigenvalue weighted by atomic mass is 10.0. The van der Waals surface area contributed by atoms with Gasteiger partial charge < -0.3 is 20.4 Å². The van der Waals surface area contributed by atoms with Crippen LogP contribution in [0.1, 0.15) is 15.9 Å². The fraction of sp³-hybridized carbons (Fsp3) is 0.300. The van der Waals surface area contributed by atoms with Crippen molar-refractivity contribution in [3.05, 3.63) is 29.3 Å². The molecule has 0 aliphatic rings. The molecule has 0 spiro atoms. The molecule has 1 atom stereocenters. The van der Waals surface area contributed by atoms with Crippen LogP contribution in [0.3, 0.4) is 0 Å². The third kappa shape index (κ3) is 2.53. The maximum atomic E-state index is 11.4. The normalized spacial score (nSPS) is 12.5. The van der Waals surface area contributed by atoms with E-state index in [-0.39, 0.29) is 16.9 Å². The summed E-state index contributed by atoms with van der Waals surface area (Å²) in [6, 6.07) is 3.84. The standard InChI is InChI=1S/C10H12O5/c11-4-7-3-6(1-2-8(7)13)10(15)9(14)5-12/h1-3,9,11-14H,4-5H2. The Morgan fingerprint density at radius 3 is 2.53 bits per heavy atom. The highest BCUT2D eigenvalue weighted by Crippen LogP contribution is 2.19. The number of phenols is 1. The molecule has 0 fully saturated rings. The zero-order valence-corrected chi connectivity index (χ0v) is 7.92. The molecular weight excluding hydrogens is 200 g/mol. The number of rotatable bonds is 4. The Balaban J connectivity index is 3.01. The monoisotopic (exact) mass is 212 g/mol. The van der Waals surface area contributed by atoms with Crippen molar-refractivity contribution in [2.45, 2.75) is 12.7 Å². The number of ketones is 1. The molecule has 5 heteroatoms. The summed E-state index contributed by atoms with van der Waals surface area (Å²) in [4.78, 5) is 11.4. The van der Waals surface area contributed by atoms with Crippen LogP contribution in [-0.4, -0.2) is 38.9 Å². The molecule has 1 aromatic rings. The van der Waals surface area contributed by atoms with Gasteiger partial charge in [-0.25, -0.2) is 0 Å². The van der Waals surface area contributed by atoms with Gasteiger partial charge in [-0.3, -0.25) is 4.79 Å². The van der Waals surface area contributed by atoms with E-state index >= 15 is 0 Å². The first-order chi connectivity index (χ1) is 7.10. The van der Waals surface area contributed by atoms with Gasteiger partial charge in [-0.1, -0.05) is 0 Å². The smallest absolute Gasteiger partial charge is 0.193 e. The Labute approximate surface area is 86.2 Å². The first kappa shape index (κ1) is 11.6. The molecule has 0 heterocycles. The molecular formula is C10H12O5. The number of hydrogen-bond acceptors (Lipinski definition) is 5. The Morgan fingerprint density at radius 2 is 2.00 bits per heavy atom. The molecule has 0 saturated heterocycles. The molecule has 0 aliphatic heterocycles. The van der Waals surface area contributed by atoms with Crippen molar-refractivity contribution in [1.29, 1.82) is 0 Å². The van der Waals surface area contributed by atoms with Gasteiger partial charge in [-0.05, 0) is 18.2 Å². The fourth-order valence-electron chi connectivity index (χ4n) is 1.14. The van der Waals surface area contributed by atoms with E-state index < -0.39 is 25.1 Å². The van der Waals surface area contributed by atoms with Gasteiger partial charge in [-0.2, -0.15) is 0 Å². The van der Waals surface area contributed by atoms with Crippen LogP contribution in [0.2, 0.25) is 0 Å². The number of aromatic hydroxyl groups is 1. The van der Waals surface area contributed by atoms with E-state index in [1.165, 1.54) is 18.2 Å². The van der Waals surface area contributed by atoms with E-state index in [9.17, 15) is 9.90 Å². The molecule has 15 heavy (non-hydrogen) atoms. The molecule has 1 unspecified atom stereocenters. The predicted octanol–water partition coefficient (Wildman–Crippen LogP) is -0.580. The van der Waals surface area contributed by atoms with Gasteiger partial charge in [0.05, 0.1) is 13.2 Å². The van der Waals surface area contributed by atoms with Crippen LogP contribution in [0, 0.1) is 0 Å². The highest BCUT2D eigenvalue weighted by atomic mass is 16.3. The van der Waals surface area contributed by atoms with Crippen molar-refractivity contribution in [2.24, 2.45) is 0 Å². The molecule has 1 aromatic carbocycles. The number of benzene rings is 1. The van der Waals surface area contributed by atoms with Crippen molar-refractivity contribution in [3.8, 4) is 5.75 Å². The van der Waals surface area contributed by atoms with Crippen LogP contribution in [0.25, 0.3) is 0 Å². The van der Waals surface area contributed by atoms with E-state index in [1.807, 2.05) is 0 Å². The summed E-state index contributed by atoms with van der Waals surface area (Å²) in [7, 11) is 0. The second-order valence-corrected chi connectivity index (χ2v) is 3.06.